The molecule has 102 valence electrons. The number of carboxylic acid groups (broad SMARTS) is 1. The summed E-state index contributed by atoms with van der Waals surface area (Å²) in [7, 11) is 0. The van der Waals surface area contributed by atoms with Gasteiger partial charge < -0.3 is 10.0 Å². The lowest BCUT2D eigenvalue weighted by atomic mass is 10.2. The number of nitrogens with zero attached hydrogens (tertiary/aromatic N) is 1. The zero-order chi connectivity index (χ0) is 14.0. The van der Waals surface area contributed by atoms with Crippen molar-refractivity contribution in [1.82, 2.24) is 4.90 Å². The summed E-state index contributed by atoms with van der Waals surface area (Å²) >= 11 is 3.16. The van der Waals surface area contributed by atoms with Crippen LogP contribution in [0, 0.1) is 5.82 Å². The van der Waals surface area contributed by atoms with Gasteiger partial charge in [-0.3, -0.25) is 9.59 Å². The van der Waals surface area contributed by atoms with E-state index >= 15 is 0 Å². The van der Waals surface area contributed by atoms with E-state index < -0.39 is 11.8 Å². The zero-order valence-corrected chi connectivity index (χ0v) is 11.7. The van der Waals surface area contributed by atoms with Crippen LogP contribution in [0.3, 0.4) is 0 Å². The molecule has 2 rings (SSSR count). The summed E-state index contributed by atoms with van der Waals surface area (Å²) in [6, 6.07) is 3.98. The number of benzene rings is 1. The van der Waals surface area contributed by atoms with Crippen LogP contribution in [0.15, 0.2) is 22.7 Å². The minimum Gasteiger partial charge on any atom is -0.481 e. The minimum absolute atomic E-state index is 0.0823. The third kappa shape index (κ3) is 3.53. The normalized spacial score (nSPS) is 14.2. The van der Waals surface area contributed by atoms with Crippen molar-refractivity contribution in [3.05, 3.63) is 34.1 Å². The Bertz CT molecular complexity index is 517. The Hall–Kier alpha value is -1.43. The molecule has 1 fully saturated rings. The molecule has 0 aromatic heterocycles. The molecule has 0 aliphatic heterocycles. The number of aliphatic carboxylic acids is 1. The van der Waals surface area contributed by atoms with Gasteiger partial charge in [0, 0.05) is 17.1 Å². The van der Waals surface area contributed by atoms with E-state index in [-0.39, 0.29) is 24.9 Å². The van der Waals surface area contributed by atoms with Crippen molar-refractivity contribution in [2.45, 2.75) is 25.3 Å². The second-order valence-corrected chi connectivity index (χ2v) is 5.35. The maximum atomic E-state index is 13.0. The molecule has 1 aromatic rings. The lowest BCUT2D eigenvalue weighted by Gasteiger charge is -2.22. The fourth-order valence-electron chi connectivity index (χ4n) is 1.87. The van der Waals surface area contributed by atoms with Gasteiger partial charge in [0.25, 0.3) is 5.91 Å². The molecule has 0 saturated heterocycles. The van der Waals surface area contributed by atoms with Gasteiger partial charge in [0.1, 0.15) is 5.82 Å². The first-order chi connectivity index (χ1) is 8.99. The van der Waals surface area contributed by atoms with Gasteiger partial charge in [-0.1, -0.05) is 0 Å². The van der Waals surface area contributed by atoms with Gasteiger partial charge in [-0.25, -0.2) is 4.39 Å². The van der Waals surface area contributed by atoms with E-state index in [4.69, 9.17) is 5.11 Å². The molecule has 0 radical (unpaired) electrons. The summed E-state index contributed by atoms with van der Waals surface area (Å²) < 4.78 is 13.4. The van der Waals surface area contributed by atoms with Crippen molar-refractivity contribution >= 4 is 27.8 Å². The van der Waals surface area contributed by atoms with Crippen molar-refractivity contribution in [2.24, 2.45) is 0 Å². The first-order valence-electron chi connectivity index (χ1n) is 5.97. The first-order valence-corrected chi connectivity index (χ1v) is 6.76. The highest BCUT2D eigenvalue weighted by Gasteiger charge is 2.33. The molecule has 1 aromatic carbocycles. The molecular formula is C13H13BrFNO3. The number of carbonyl (C=O) groups excluding carboxylic acids is 1. The van der Waals surface area contributed by atoms with Gasteiger partial charge in [0.15, 0.2) is 0 Å². The molecule has 1 amide bonds. The van der Waals surface area contributed by atoms with Gasteiger partial charge in [0.2, 0.25) is 0 Å². The van der Waals surface area contributed by atoms with Crippen molar-refractivity contribution in [3.8, 4) is 0 Å². The van der Waals surface area contributed by atoms with Gasteiger partial charge in [-0.15, -0.1) is 0 Å². The van der Waals surface area contributed by atoms with Gasteiger partial charge >= 0.3 is 5.97 Å². The Morgan fingerprint density at radius 3 is 2.63 bits per heavy atom. The largest absolute Gasteiger partial charge is 0.481 e. The fourth-order valence-corrected chi connectivity index (χ4v) is 2.39. The zero-order valence-electron chi connectivity index (χ0n) is 10.1. The predicted octanol–water partition coefficient (Wildman–Crippen LogP) is 2.67. The van der Waals surface area contributed by atoms with E-state index in [9.17, 15) is 14.0 Å². The summed E-state index contributed by atoms with van der Waals surface area (Å²) in [5, 5.41) is 8.71. The Kier molecular flexibility index (Phi) is 4.19. The number of amides is 1. The molecule has 0 spiro atoms. The lowest BCUT2D eigenvalue weighted by molar-refractivity contribution is -0.137. The highest BCUT2D eigenvalue weighted by Crippen LogP contribution is 2.30. The summed E-state index contributed by atoms with van der Waals surface area (Å²) in [5.74, 6) is -1.61. The molecule has 0 heterocycles. The van der Waals surface area contributed by atoms with Crippen LogP contribution < -0.4 is 0 Å². The maximum absolute atomic E-state index is 13.0. The van der Waals surface area contributed by atoms with E-state index in [1.165, 1.54) is 18.2 Å². The Morgan fingerprint density at radius 2 is 2.11 bits per heavy atom. The predicted molar refractivity (Wildman–Crippen MR) is 70.4 cm³/mol. The number of hydrogen-bond donors (Lipinski definition) is 1. The van der Waals surface area contributed by atoms with Crippen LogP contribution >= 0.6 is 15.9 Å². The lowest BCUT2D eigenvalue weighted by Crippen LogP contribution is -2.35. The van der Waals surface area contributed by atoms with Crippen molar-refractivity contribution in [3.63, 3.8) is 0 Å². The van der Waals surface area contributed by atoms with Crippen molar-refractivity contribution in [1.29, 1.82) is 0 Å². The minimum atomic E-state index is -0.934. The molecule has 0 unspecified atom stereocenters. The Morgan fingerprint density at radius 1 is 1.42 bits per heavy atom. The Balaban J connectivity index is 2.16. The van der Waals surface area contributed by atoms with Gasteiger partial charge in [0.05, 0.1) is 12.0 Å². The first kappa shape index (κ1) is 14.0. The van der Waals surface area contributed by atoms with Crippen LogP contribution in [0.5, 0.6) is 0 Å². The molecule has 1 aliphatic carbocycles. The SMILES string of the molecule is O=C(O)CCN(C(=O)c1ccc(F)cc1Br)C1CC1. The van der Waals surface area contributed by atoms with Crippen LogP contribution in [-0.4, -0.2) is 34.5 Å². The summed E-state index contributed by atoms with van der Waals surface area (Å²) in [5.41, 5.74) is 0.360. The van der Waals surface area contributed by atoms with Crippen LogP contribution in [0.4, 0.5) is 4.39 Å². The van der Waals surface area contributed by atoms with Crippen molar-refractivity contribution in [2.75, 3.05) is 6.54 Å². The fraction of sp³-hybridized carbons (Fsp3) is 0.385. The average molecular weight is 330 g/mol. The summed E-state index contributed by atoms with van der Waals surface area (Å²) in [4.78, 5) is 24.5. The molecule has 4 nitrogen and oxygen atoms in total. The molecule has 1 aliphatic rings. The second-order valence-electron chi connectivity index (χ2n) is 4.50. The summed E-state index contributed by atoms with van der Waals surface area (Å²) in [6.07, 6.45) is 1.70. The number of rotatable bonds is 5. The average Bonchev–Trinajstić information content (AvgIpc) is 3.13. The van der Waals surface area contributed by atoms with Crippen LogP contribution in [0.1, 0.15) is 29.6 Å². The third-order valence-electron chi connectivity index (χ3n) is 2.98. The van der Waals surface area contributed by atoms with Gasteiger partial charge in [-0.2, -0.15) is 0 Å². The van der Waals surface area contributed by atoms with Crippen LogP contribution in [-0.2, 0) is 4.79 Å². The molecule has 0 bridgehead atoms. The Labute approximate surface area is 118 Å². The monoisotopic (exact) mass is 329 g/mol. The van der Waals surface area contributed by atoms with E-state index in [1.807, 2.05) is 0 Å². The van der Waals surface area contributed by atoms with Crippen LogP contribution in [0.2, 0.25) is 0 Å². The third-order valence-corrected chi connectivity index (χ3v) is 3.63. The molecule has 0 atom stereocenters. The molecule has 1 N–H and O–H groups in total. The summed E-state index contributed by atoms with van der Waals surface area (Å²) in [6.45, 7) is 0.183. The topological polar surface area (TPSA) is 57.6 Å². The highest BCUT2D eigenvalue weighted by molar-refractivity contribution is 9.10. The molecule has 6 heteroatoms. The maximum Gasteiger partial charge on any atom is 0.305 e. The number of hydrogen-bond acceptors (Lipinski definition) is 2. The second kappa shape index (κ2) is 5.69. The standard InChI is InChI=1S/C13H13BrFNO3/c14-11-7-8(15)1-4-10(11)13(19)16(9-2-3-9)6-5-12(17)18/h1,4,7,9H,2-3,5-6H2,(H,17,18). The van der Waals surface area contributed by atoms with E-state index in [0.717, 1.165) is 12.8 Å². The smallest absolute Gasteiger partial charge is 0.305 e. The number of halogens is 2. The van der Waals surface area contributed by atoms with Crippen molar-refractivity contribution < 1.29 is 19.1 Å². The highest BCUT2D eigenvalue weighted by atomic mass is 79.9. The number of carbonyl (C=O) groups is 2. The van der Waals surface area contributed by atoms with Crippen LogP contribution in [0.25, 0.3) is 0 Å². The van der Waals surface area contributed by atoms with Gasteiger partial charge in [-0.05, 0) is 47.0 Å². The molecular weight excluding hydrogens is 317 g/mol. The molecule has 19 heavy (non-hydrogen) atoms. The molecule has 1 saturated carbocycles. The van der Waals surface area contributed by atoms with E-state index in [2.05, 4.69) is 15.9 Å². The van der Waals surface area contributed by atoms with E-state index in [0.29, 0.717) is 10.0 Å². The quantitative estimate of drug-likeness (QED) is 0.903. The van der Waals surface area contributed by atoms with E-state index in [1.54, 1.807) is 4.90 Å². The number of carboxylic acids is 1.